The Balaban J connectivity index is 0.000000182. The van der Waals surface area contributed by atoms with Crippen LogP contribution in [-0.2, 0) is 75.3 Å². The number of ether oxygens (including phenoxy) is 7. The minimum atomic E-state index is -6.08. The van der Waals surface area contributed by atoms with Crippen molar-refractivity contribution in [2.75, 3.05) is 26.4 Å². The third kappa shape index (κ3) is 29.0. The lowest BCUT2D eigenvalue weighted by Gasteiger charge is -2.36. The largest absolute Gasteiger partial charge is 0.743 e. The second-order valence-electron chi connectivity index (χ2n) is 32.5. The lowest BCUT2D eigenvalue weighted by Crippen LogP contribution is -2.39. The van der Waals surface area contributed by atoms with Crippen LogP contribution in [0, 0.1) is 28.4 Å². The zero-order chi connectivity index (χ0) is 92.2. The van der Waals surface area contributed by atoms with Crippen LogP contribution in [0.3, 0.4) is 0 Å². The molecule has 10 aromatic rings. The standard InChI is InChI=1S/C28H33O2S.C27H29O2S.C23H19F2O2S.2C10H17F3O5S/c1-23(29-22-21-24-11-5-2-6-12-24)30-25-17-19-28(20-18-25)31(26-13-7-3-8-14-26)27-15-9-4-10-16-27;1-2-27(20-10-5-11-21-27)29-26(28)22-16-18-25(19-17-22)30(23-12-6-3-7-13-23)24-14-8-4-9-15-24;24-15-4-10-21-19(13-15)20-14-16(25)5-11-22(20)28(21)18-8-6-17(7-9-18)27-23-3-1-2-12-26-23;2*1-4-9(2,3)8(14)18-6-5-7(11)10(12,13)19(15,16)17/h3-4,7-10,13-20,23-24H,2,5-6,11-12,21-22H2,1H3;3-4,6-9,12-19H,2,5,10-11,20-21H2,1H3;4-11,13-14,23H,1-3,12H2;2*7H,4-6H2,1-3H3,(H,15,16,17)/q3*+1;;/p-2. The molecule has 1 aromatic heterocycles. The number of thiophene rings is 1. The molecule has 9 aromatic carbocycles. The molecule has 127 heavy (non-hydrogen) atoms. The average Bonchev–Trinajstić information content (AvgIpc) is 1.63. The number of halogens is 8. The molecule has 13 rings (SSSR count). The molecule has 1 saturated heterocycles. The molecule has 0 N–H and O–H groups in total. The van der Waals surface area contributed by atoms with E-state index in [1.807, 2.05) is 67.6 Å². The third-order valence-electron chi connectivity index (χ3n) is 22.5. The third-order valence-corrected chi connectivity index (χ3v) is 31.1. The van der Waals surface area contributed by atoms with Gasteiger partial charge >= 0.3 is 28.4 Å². The Bertz CT molecular complexity index is 5100. The number of carbonyl (C=O) groups is 3. The zero-order valence-electron chi connectivity index (χ0n) is 72.7. The first-order chi connectivity index (χ1) is 60.4. The molecule has 29 heteroatoms. The molecule has 1 aliphatic heterocycles. The molecule has 4 unspecified atom stereocenters. The topological polar surface area (TPSA) is 230 Å². The van der Waals surface area contributed by atoms with E-state index >= 15 is 0 Å². The van der Waals surface area contributed by atoms with Gasteiger partial charge in [0.25, 0.3) is 0 Å². The molecule has 2 heterocycles. The van der Waals surface area contributed by atoms with E-state index in [-0.39, 0.29) is 57.6 Å². The predicted molar refractivity (Wildman–Crippen MR) is 480 cm³/mol. The van der Waals surface area contributed by atoms with E-state index in [2.05, 4.69) is 162 Å². The maximum absolute atomic E-state index is 13.8. The molecule has 3 fully saturated rings. The predicted octanol–water partition coefficient (Wildman–Crippen LogP) is 25.1. The molecule has 0 radical (unpaired) electrons. The summed E-state index contributed by atoms with van der Waals surface area (Å²) in [5.74, 6) is 0.242. The number of hydrogen-bond donors (Lipinski definition) is 0. The summed E-state index contributed by atoms with van der Waals surface area (Å²) in [7, 11) is -12.9. The number of carbonyl (C=O) groups excluding carboxylic acids is 3. The minimum absolute atomic E-state index is 0.130. The molecular weight excluding hydrogens is 1750 g/mol. The van der Waals surface area contributed by atoms with Gasteiger partial charge in [-0.1, -0.05) is 132 Å². The summed E-state index contributed by atoms with van der Waals surface area (Å²) >= 11 is 0. The van der Waals surface area contributed by atoms with Crippen molar-refractivity contribution >= 4 is 90.6 Å². The van der Waals surface area contributed by atoms with Gasteiger partial charge < -0.3 is 42.3 Å². The smallest absolute Gasteiger partial charge is 0.364 e. The summed E-state index contributed by atoms with van der Waals surface area (Å²) < 4.78 is 206. The molecule has 4 atom stereocenters. The summed E-state index contributed by atoms with van der Waals surface area (Å²) in [4.78, 5) is 44.5. The van der Waals surface area contributed by atoms with Crippen LogP contribution in [0.2, 0.25) is 0 Å². The summed E-state index contributed by atoms with van der Waals surface area (Å²) in [6.45, 7) is 13.8. The first-order valence-corrected chi connectivity index (χ1v) is 49.3. The van der Waals surface area contributed by atoms with E-state index in [1.165, 1.54) is 92.2 Å². The highest BCUT2D eigenvalue weighted by atomic mass is 32.2. The number of hydrogen-bond acceptors (Lipinski definition) is 16. The van der Waals surface area contributed by atoms with E-state index < -0.39 is 102 Å². The second kappa shape index (κ2) is 47.6. The van der Waals surface area contributed by atoms with E-state index in [4.69, 9.17) is 23.7 Å². The fraction of sp³-hybridized carbons (Fsp3) is 0.418. The van der Waals surface area contributed by atoms with Gasteiger partial charge in [-0.2, -0.15) is 17.6 Å². The normalized spacial score (nSPS) is 15.9. The molecular formula is C98H113F8O16S5+. The van der Waals surface area contributed by atoms with Crippen LogP contribution in [0.1, 0.15) is 188 Å². The van der Waals surface area contributed by atoms with Crippen molar-refractivity contribution in [3.8, 4) is 16.4 Å². The van der Waals surface area contributed by atoms with Crippen molar-refractivity contribution in [2.24, 2.45) is 16.7 Å². The molecule has 16 nitrogen and oxygen atoms in total. The van der Waals surface area contributed by atoms with Gasteiger partial charge in [0, 0.05) is 54.0 Å². The first kappa shape index (κ1) is 102. The molecule has 0 bridgehead atoms. The van der Waals surface area contributed by atoms with Gasteiger partial charge in [-0.15, -0.1) is 0 Å². The average molecular weight is 1860 g/mol. The summed E-state index contributed by atoms with van der Waals surface area (Å²) in [5.41, 5.74) is -1.33. The fourth-order valence-corrected chi connectivity index (χ4v) is 21.5. The van der Waals surface area contributed by atoms with Crippen LogP contribution in [0.4, 0.5) is 35.1 Å². The Kier molecular flexibility index (Phi) is 38.2. The Morgan fingerprint density at radius 3 is 1.29 bits per heavy atom. The highest BCUT2D eigenvalue weighted by molar-refractivity contribution is 7.97. The molecule has 0 amide bonds. The van der Waals surface area contributed by atoms with Gasteiger partial charge in [-0.3, -0.25) is 9.59 Å². The Labute approximate surface area is 749 Å². The van der Waals surface area contributed by atoms with Crippen LogP contribution in [0.25, 0.3) is 25.1 Å². The van der Waals surface area contributed by atoms with Crippen LogP contribution in [0.5, 0.6) is 11.5 Å². The summed E-state index contributed by atoms with van der Waals surface area (Å²) in [6.07, 6.45) is 9.46. The van der Waals surface area contributed by atoms with Gasteiger partial charge in [-0.05, 0) is 238 Å². The van der Waals surface area contributed by atoms with E-state index in [0.717, 1.165) is 113 Å². The second-order valence-corrected chi connectivity index (χ2v) is 41.4. The van der Waals surface area contributed by atoms with Gasteiger partial charge in [0.05, 0.1) is 75.4 Å². The van der Waals surface area contributed by atoms with Gasteiger partial charge in [-0.25, -0.2) is 39.2 Å². The Morgan fingerprint density at radius 1 is 0.504 bits per heavy atom. The van der Waals surface area contributed by atoms with E-state index in [1.54, 1.807) is 41.5 Å². The van der Waals surface area contributed by atoms with Crippen molar-refractivity contribution in [1.29, 1.82) is 0 Å². The summed E-state index contributed by atoms with van der Waals surface area (Å²) in [6, 6.07) is 76.6. The highest BCUT2D eigenvalue weighted by Gasteiger charge is 2.49. The van der Waals surface area contributed by atoms with Gasteiger partial charge in [0.2, 0.25) is 0 Å². The number of alkyl halides is 6. The number of fused-ring (bicyclic) bond motifs is 3. The minimum Gasteiger partial charge on any atom is -0.743 e. The van der Waals surface area contributed by atoms with Gasteiger partial charge in [0.1, 0.15) is 28.7 Å². The van der Waals surface area contributed by atoms with E-state index in [9.17, 15) is 75.4 Å². The quantitative estimate of drug-likeness (QED) is 0.00953. The van der Waals surface area contributed by atoms with Crippen molar-refractivity contribution in [1.82, 2.24) is 0 Å². The van der Waals surface area contributed by atoms with Crippen molar-refractivity contribution in [2.45, 2.75) is 248 Å². The molecule has 0 spiro atoms. The van der Waals surface area contributed by atoms with Crippen molar-refractivity contribution in [3.63, 3.8) is 0 Å². The zero-order valence-corrected chi connectivity index (χ0v) is 76.8. The number of esters is 3. The van der Waals surface area contributed by atoms with E-state index in [0.29, 0.717) is 18.4 Å². The lowest BCUT2D eigenvalue weighted by atomic mass is 9.82. The SMILES string of the molecule is CC(OCCC1CCCCC1)Oc1ccc([S+](c2ccccc2)c2ccccc2)cc1.CCC(C)(C)C(=O)OCCC(F)C(F)(F)S(=O)(=O)[O-].CCC(C)(C)C(=O)OCCC(F)C(F)(F)S(=O)(=O)[O-].CCC1(OC(=O)c2ccc([S+](c3ccccc3)c3ccccc3)cc2)CCCCC1.Fc1ccc2c(c1)c1cc(F)ccc1[s+]2-c1ccc(OC2CCCCO2)cc1. The van der Waals surface area contributed by atoms with Crippen LogP contribution in [0.15, 0.2) is 260 Å². The lowest BCUT2D eigenvalue weighted by molar-refractivity contribution is -0.156. The van der Waals surface area contributed by atoms with Crippen LogP contribution < -0.4 is 9.47 Å². The molecule has 686 valence electrons. The van der Waals surface area contributed by atoms with Crippen LogP contribution >= 0.6 is 10.5 Å². The molecule has 2 saturated carbocycles. The maximum atomic E-state index is 13.8. The molecule has 3 aliphatic rings. The Morgan fingerprint density at radius 2 is 0.898 bits per heavy atom. The van der Waals surface area contributed by atoms with Gasteiger partial charge in [0.15, 0.2) is 88.8 Å². The summed E-state index contributed by atoms with van der Waals surface area (Å²) in [5, 5.41) is -8.51. The monoisotopic (exact) mass is 1860 g/mol. The van der Waals surface area contributed by atoms with Crippen molar-refractivity contribution < 1.29 is 109 Å². The van der Waals surface area contributed by atoms with Crippen molar-refractivity contribution in [3.05, 3.63) is 248 Å². The number of rotatable bonds is 32. The highest BCUT2D eigenvalue weighted by Crippen LogP contribution is 2.50. The Hall–Kier alpha value is -8.91. The molecule has 2 aliphatic carbocycles. The number of benzene rings is 9. The first-order valence-electron chi connectivity index (χ1n) is 42.8. The van der Waals surface area contributed by atoms with Crippen LogP contribution in [-0.4, -0.2) is 111 Å². The maximum Gasteiger partial charge on any atom is 0.364 e. The fourth-order valence-electron chi connectivity index (χ4n) is 14.1.